The van der Waals surface area contributed by atoms with Gasteiger partial charge in [-0.2, -0.15) is 0 Å². The number of aromatic nitrogens is 2. The Kier molecular flexibility index (Phi) is 7.06. The summed E-state index contributed by atoms with van der Waals surface area (Å²) in [5, 5.41) is 0. The number of benzene rings is 1. The van der Waals surface area contributed by atoms with E-state index in [0.29, 0.717) is 18.2 Å². The van der Waals surface area contributed by atoms with Crippen LogP contribution in [0.1, 0.15) is 23.8 Å². The van der Waals surface area contributed by atoms with Crippen LogP contribution in [0.25, 0.3) is 5.69 Å². The monoisotopic (exact) mass is 356 g/mol. The predicted octanol–water partition coefficient (Wildman–Crippen LogP) is 2.53. The molecule has 1 saturated heterocycles. The highest BCUT2D eigenvalue weighted by Gasteiger charge is 2.33. The number of nitrogens with two attached hydrogens (primary N) is 1. The first-order valence-corrected chi connectivity index (χ1v) is 7.29. The summed E-state index contributed by atoms with van der Waals surface area (Å²) < 4.78 is 1.84. The molecule has 1 aliphatic heterocycles. The third-order valence-corrected chi connectivity index (χ3v) is 4.15. The zero-order valence-corrected chi connectivity index (χ0v) is 14.6. The minimum Gasteiger partial charge on any atom is -0.334 e. The van der Waals surface area contributed by atoms with Gasteiger partial charge in [0.2, 0.25) is 0 Å². The lowest BCUT2D eigenvalue weighted by Crippen LogP contribution is -2.35. The van der Waals surface area contributed by atoms with Crippen molar-refractivity contribution in [1.29, 1.82) is 0 Å². The van der Waals surface area contributed by atoms with Crippen LogP contribution in [0, 0.1) is 5.92 Å². The van der Waals surface area contributed by atoms with Crippen molar-refractivity contribution in [3.8, 4) is 5.69 Å². The Balaban J connectivity index is 0.00000132. The minimum atomic E-state index is 0. The maximum Gasteiger partial charge on any atom is 0.272 e. The maximum atomic E-state index is 12.8. The summed E-state index contributed by atoms with van der Waals surface area (Å²) >= 11 is 0. The summed E-state index contributed by atoms with van der Waals surface area (Å²) in [5.74, 6) is 0.428. The summed E-state index contributed by atoms with van der Waals surface area (Å²) in [6.45, 7) is 3.44. The molecule has 1 aliphatic rings. The largest absolute Gasteiger partial charge is 0.334 e. The minimum absolute atomic E-state index is 0. The molecule has 1 aromatic carbocycles. The number of likely N-dealkylation sites (tertiary alicyclic amines) is 1. The SMILES string of the molecule is CC1CC(CN)CN1C(=O)c1cncn1-c1ccccc1.Cl.Cl. The normalized spacial score (nSPS) is 19.8. The van der Waals surface area contributed by atoms with Gasteiger partial charge in [-0.25, -0.2) is 4.98 Å². The second-order valence-electron chi connectivity index (χ2n) is 5.63. The van der Waals surface area contributed by atoms with Crippen molar-refractivity contribution in [2.75, 3.05) is 13.1 Å². The first kappa shape index (κ1) is 19.5. The molecule has 0 aliphatic carbocycles. The van der Waals surface area contributed by atoms with E-state index in [1.54, 1.807) is 12.5 Å². The van der Waals surface area contributed by atoms with Crippen molar-refractivity contribution in [2.24, 2.45) is 11.7 Å². The maximum absolute atomic E-state index is 12.8. The van der Waals surface area contributed by atoms with Crippen molar-refractivity contribution in [3.05, 3.63) is 48.5 Å². The molecule has 2 aromatic rings. The Labute approximate surface area is 148 Å². The van der Waals surface area contributed by atoms with Gasteiger partial charge < -0.3 is 10.6 Å². The molecule has 0 saturated carbocycles. The van der Waals surface area contributed by atoms with Crippen LogP contribution >= 0.6 is 24.8 Å². The molecule has 0 bridgehead atoms. The topological polar surface area (TPSA) is 64.2 Å². The van der Waals surface area contributed by atoms with Crippen molar-refractivity contribution in [3.63, 3.8) is 0 Å². The van der Waals surface area contributed by atoms with E-state index in [-0.39, 0.29) is 36.8 Å². The van der Waals surface area contributed by atoms with Gasteiger partial charge >= 0.3 is 0 Å². The molecule has 2 atom stereocenters. The summed E-state index contributed by atoms with van der Waals surface area (Å²) in [6.07, 6.45) is 4.29. The summed E-state index contributed by atoms with van der Waals surface area (Å²) in [6, 6.07) is 10.0. The van der Waals surface area contributed by atoms with Crippen molar-refractivity contribution >= 4 is 30.7 Å². The fourth-order valence-corrected chi connectivity index (χ4v) is 2.99. The molecular formula is C16H22Cl2N4O. The predicted molar refractivity (Wildman–Crippen MR) is 95.7 cm³/mol. The van der Waals surface area contributed by atoms with E-state index in [9.17, 15) is 4.79 Å². The molecule has 1 amide bonds. The average Bonchev–Trinajstić information content (AvgIpc) is 3.14. The van der Waals surface area contributed by atoms with Crippen LogP contribution in [0.15, 0.2) is 42.9 Å². The number of hydrogen-bond donors (Lipinski definition) is 1. The number of para-hydroxylation sites is 1. The number of rotatable bonds is 3. The van der Waals surface area contributed by atoms with Crippen LogP contribution in [0.4, 0.5) is 0 Å². The summed E-state index contributed by atoms with van der Waals surface area (Å²) in [4.78, 5) is 18.9. The number of amides is 1. The zero-order chi connectivity index (χ0) is 14.8. The number of hydrogen-bond acceptors (Lipinski definition) is 3. The molecule has 2 N–H and O–H groups in total. The zero-order valence-electron chi connectivity index (χ0n) is 13.0. The Bertz CT molecular complexity index is 632. The molecule has 2 unspecified atom stereocenters. The van der Waals surface area contributed by atoms with E-state index < -0.39 is 0 Å². The van der Waals surface area contributed by atoms with Crippen molar-refractivity contribution < 1.29 is 4.79 Å². The standard InChI is InChI=1S/C16H20N4O.2ClH/c1-12-7-13(8-17)10-19(12)16(21)15-9-18-11-20(15)14-5-3-2-4-6-14;;/h2-6,9,11-13H,7-8,10,17H2,1H3;2*1H. The van der Waals surface area contributed by atoms with Gasteiger partial charge in [-0.3, -0.25) is 9.36 Å². The third kappa shape index (κ3) is 3.86. The second-order valence-corrected chi connectivity index (χ2v) is 5.63. The van der Waals surface area contributed by atoms with E-state index in [4.69, 9.17) is 5.73 Å². The summed E-state index contributed by atoms with van der Waals surface area (Å²) in [7, 11) is 0. The number of nitrogens with zero attached hydrogens (tertiary/aromatic N) is 3. The number of imidazole rings is 1. The molecule has 126 valence electrons. The second kappa shape index (κ2) is 8.34. The molecule has 3 rings (SSSR count). The Hall–Kier alpha value is -1.56. The third-order valence-electron chi connectivity index (χ3n) is 4.15. The van der Waals surface area contributed by atoms with E-state index >= 15 is 0 Å². The van der Waals surface area contributed by atoms with Crippen molar-refractivity contribution in [2.45, 2.75) is 19.4 Å². The van der Waals surface area contributed by atoms with Crippen LogP contribution in [0.3, 0.4) is 0 Å². The molecule has 7 heteroatoms. The van der Waals surface area contributed by atoms with Gasteiger partial charge in [0.15, 0.2) is 0 Å². The molecule has 5 nitrogen and oxygen atoms in total. The number of carbonyl (C=O) groups excluding carboxylic acids is 1. The Morgan fingerprint density at radius 3 is 2.61 bits per heavy atom. The molecular weight excluding hydrogens is 335 g/mol. The number of carbonyl (C=O) groups is 1. The van der Waals surface area contributed by atoms with Gasteiger partial charge in [0, 0.05) is 18.3 Å². The highest BCUT2D eigenvalue weighted by molar-refractivity contribution is 5.93. The first-order chi connectivity index (χ1) is 10.2. The van der Waals surface area contributed by atoms with Gasteiger partial charge in [-0.05, 0) is 37.9 Å². The molecule has 0 radical (unpaired) electrons. The molecule has 0 spiro atoms. The lowest BCUT2D eigenvalue weighted by atomic mass is 10.1. The smallest absolute Gasteiger partial charge is 0.272 e. The molecule has 23 heavy (non-hydrogen) atoms. The molecule has 2 heterocycles. The Morgan fingerprint density at radius 1 is 1.30 bits per heavy atom. The van der Waals surface area contributed by atoms with E-state index in [2.05, 4.69) is 11.9 Å². The first-order valence-electron chi connectivity index (χ1n) is 7.29. The quantitative estimate of drug-likeness (QED) is 0.918. The van der Waals surface area contributed by atoms with Crippen LogP contribution < -0.4 is 5.73 Å². The lowest BCUT2D eigenvalue weighted by Gasteiger charge is -2.22. The van der Waals surface area contributed by atoms with Gasteiger partial charge in [-0.15, -0.1) is 24.8 Å². The lowest BCUT2D eigenvalue weighted by molar-refractivity contribution is 0.0735. The molecule has 1 aromatic heterocycles. The average molecular weight is 357 g/mol. The number of halogens is 2. The van der Waals surface area contributed by atoms with Crippen LogP contribution in [-0.2, 0) is 0 Å². The Morgan fingerprint density at radius 2 is 2.00 bits per heavy atom. The van der Waals surface area contributed by atoms with Gasteiger partial charge in [0.25, 0.3) is 5.91 Å². The highest BCUT2D eigenvalue weighted by atomic mass is 35.5. The van der Waals surface area contributed by atoms with E-state index in [0.717, 1.165) is 18.7 Å². The van der Waals surface area contributed by atoms with E-state index in [1.165, 1.54) is 0 Å². The van der Waals surface area contributed by atoms with Crippen molar-refractivity contribution in [1.82, 2.24) is 14.5 Å². The van der Waals surface area contributed by atoms with E-state index in [1.807, 2.05) is 39.8 Å². The fraction of sp³-hybridized carbons (Fsp3) is 0.375. The van der Waals surface area contributed by atoms with Gasteiger partial charge in [-0.1, -0.05) is 18.2 Å². The summed E-state index contributed by atoms with van der Waals surface area (Å²) in [5.41, 5.74) is 7.29. The molecule has 1 fully saturated rings. The highest BCUT2D eigenvalue weighted by Crippen LogP contribution is 2.24. The fourth-order valence-electron chi connectivity index (χ4n) is 2.99. The van der Waals surface area contributed by atoms with Crippen LogP contribution in [0.5, 0.6) is 0 Å². The van der Waals surface area contributed by atoms with Crippen LogP contribution in [0.2, 0.25) is 0 Å². The van der Waals surface area contributed by atoms with Gasteiger partial charge in [0.1, 0.15) is 5.69 Å². The van der Waals surface area contributed by atoms with Crippen LogP contribution in [-0.4, -0.2) is 39.5 Å². The van der Waals surface area contributed by atoms with Gasteiger partial charge in [0.05, 0.1) is 12.5 Å².